The highest BCUT2D eigenvalue weighted by atomic mass is 79.9. The zero-order valence-electron chi connectivity index (χ0n) is 8.76. The van der Waals surface area contributed by atoms with Crippen molar-refractivity contribution in [3.63, 3.8) is 0 Å². The standard InChI is InChI=1S/C14H13Br/c1-10-7-8-13(11(2)9-15)14-6-4-3-5-12(10)14/h3-8H,2,9H2,1H3. The van der Waals surface area contributed by atoms with E-state index in [1.54, 1.807) is 0 Å². The van der Waals surface area contributed by atoms with Crippen molar-refractivity contribution < 1.29 is 0 Å². The molecule has 2 aromatic rings. The van der Waals surface area contributed by atoms with Crippen molar-refractivity contribution in [3.05, 3.63) is 54.1 Å². The highest BCUT2D eigenvalue weighted by Crippen LogP contribution is 2.27. The van der Waals surface area contributed by atoms with Gasteiger partial charge < -0.3 is 0 Å². The Morgan fingerprint density at radius 1 is 1.13 bits per heavy atom. The maximum absolute atomic E-state index is 4.08. The fourth-order valence-electron chi connectivity index (χ4n) is 1.83. The molecule has 0 bridgehead atoms. The Morgan fingerprint density at radius 2 is 1.80 bits per heavy atom. The monoisotopic (exact) mass is 260 g/mol. The number of aryl methyl sites for hydroxylation is 1. The van der Waals surface area contributed by atoms with Gasteiger partial charge in [-0.2, -0.15) is 0 Å². The first-order chi connectivity index (χ1) is 7.24. The first kappa shape index (κ1) is 10.4. The zero-order chi connectivity index (χ0) is 10.8. The van der Waals surface area contributed by atoms with Crippen molar-refractivity contribution in [2.75, 3.05) is 5.33 Å². The van der Waals surface area contributed by atoms with E-state index in [-0.39, 0.29) is 0 Å². The topological polar surface area (TPSA) is 0 Å². The summed E-state index contributed by atoms with van der Waals surface area (Å²) in [5, 5.41) is 3.43. The summed E-state index contributed by atoms with van der Waals surface area (Å²) >= 11 is 3.46. The Bertz CT molecular complexity index is 512. The Kier molecular flexibility index (Phi) is 2.92. The Labute approximate surface area is 98.8 Å². The van der Waals surface area contributed by atoms with Gasteiger partial charge in [0.25, 0.3) is 0 Å². The van der Waals surface area contributed by atoms with Gasteiger partial charge in [-0.1, -0.05) is 58.9 Å². The molecule has 0 nitrogen and oxygen atoms in total. The molecule has 0 unspecified atom stereocenters. The van der Waals surface area contributed by atoms with Crippen LogP contribution in [0.1, 0.15) is 11.1 Å². The van der Waals surface area contributed by atoms with Crippen LogP contribution in [0, 0.1) is 6.92 Å². The van der Waals surface area contributed by atoms with E-state index in [0.29, 0.717) is 0 Å². The van der Waals surface area contributed by atoms with Crippen LogP contribution in [-0.4, -0.2) is 5.33 Å². The predicted molar refractivity (Wildman–Crippen MR) is 71.5 cm³/mol. The number of fused-ring (bicyclic) bond motifs is 1. The van der Waals surface area contributed by atoms with Gasteiger partial charge in [-0.3, -0.25) is 0 Å². The highest BCUT2D eigenvalue weighted by molar-refractivity contribution is 9.09. The first-order valence-corrected chi connectivity index (χ1v) is 6.08. The molecule has 15 heavy (non-hydrogen) atoms. The van der Waals surface area contributed by atoms with E-state index in [1.807, 2.05) is 0 Å². The molecule has 0 heterocycles. The molecule has 76 valence electrons. The van der Waals surface area contributed by atoms with E-state index >= 15 is 0 Å². The molecule has 0 aliphatic carbocycles. The van der Waals surface area contributed by atoms with Gasteiger partial charge in [0.05, 0.1) is 0 Å². The van der Waals surface area contributed by atoms with Crippen LogP contribution >= 0.6 is 15.9 Å². The van der Waals surface area contributed by atoms with Crippen molar-refractivity contribution in [1.82, 2.24) is 0 Å². The average molecular weight is 261 g/mol. The number of alkyl halides is 1. The molecular weight excluding hydrogens is 248 g/mol. The third kappa shape index (κ3) is 1.84. The van der Waals surface area contributed by atoms with E-state index in [9.17, 15) is 0 Å². The quantitative estimate of drug-likeness (QED) is 0.695. The minimum absolute atomic E-state index is 0.819. The highest BCUT2D eigenvalue weighted by Gasteiger charge is 2.04. The molecule has 0 spiro atoms. The van der Waals surface area contributed by atoms with Gasteiger partial charge in [0, 0.05) is 5.33 Å². The Balaban J connectivity index is 2.77. The molecule has 0 saturated carbocycles. The number of rotatable bonds is 2. The second-order valence-corrected chi connectivity index (χ2v) is 4.27. The number of halogens is 1. The van der Waals surface area contributed by atoms with Gasteiger partial charge in [-0.15, -0.1) is 0 Å². The van der Waals surface area contributed by atoms with Gasteiger partial charge in [-0.05, 0) is 34.4 Å². The molecular formula is C14H13Br. The summed E-state index contributed by atoms with van der Waals surface area (Å²) in [5.74, 6) is 0. The lowest BCUT2D eigenvalue weighted by Crippen LogP contribution is -1.88. The van der Waals surface area contributed by atoms with Crippen molar-refractivity contribution >= 4 is 32.3 Å². The van der Waals surface area contributed by atoms with Crippen LogP contribution in [0.3, 0.4) is 0 Å². The second kappa shape index (κ2) is 4.19. The van der Waals surface area contributed by atoms with E-state index in [2.05, 4.69) is 65.8 Å². The molecule has 0 atom stereocenters. The largest absolute Gasteiger partial charge is 0.0944 e. The van der Waals surface area contributed by atoms with Crippen LogP contribution < -0.4 is 0 Å². The van der Waals surface area contributed by atoms with Crippen LogP contribution in [0.4, 0.5) is 0 Å². The summed E-state index contributed by atoms with van der Waals surface area (Å²) in [6.45, 7) is 6.22. The van der Waals surface area contributed by atoms with Crippen molar-refractivity contribution in [1.29, 1.82) is 0 Å². The summed E-state index contributed by atoms with van der Waals surface area (Å²) in [5.41, 5.74) is 3.69. The van der Waals surface area contributed by atoms with Crippen molar-refractivity contribution in [3.8, 4) is 0 Å². The molecule has 0 aromatic heterocycles. The van der Waals surface area contributed by atoms with E-state index in [4.69, 9.17) is 0 Å². The molecule has 1 heteroatoms. The maximum Gasteiger partial charge on any atom is 0.0283 e. The predicted octanol–water partition coefficient (Wildman–Crippen LogP) is 4.56. The normalized spacial score (nSPS) is 10.5. The van der Waals surface area contributed by atoms with Crippen molar-refractivity contribution in [2.45, 2.75) is 6.92 Å². The minimum Gasteiger partial charge on any atom is -0.0944 e. The van der Waals surface area contributed by atoms with Crippen LogP contribution in [0.5, 0.6) is 0 Å². The molecule has 2 rings (SSSR count). The van der Waals surface area contributed by atoms with Crippen molar-refractivity contribution in [2.24, 2.45) is 0 Å². The van der Waals surface area contributed by atoms with Crippen LogP contribution in [-0.2, 0) is 0 Å². The fourth-order valence-corrected chi connectivity index (χ4v) is 2.13. The number of benzene rings is 2. The summed E-state index contributed by atoms with van der Waals surface area (Å²) in [4.78, 5) is 0. The lowest BCUT2D eigenvalue weighted by molar-refractivity contribution is 1.51. The zero-order valence-corrected chi connectivity index (χ0v) is 10.3. The average Bonchev–Trinajstić information content (AvgIpc) is 2.29. The molecule has 0 saturated heterocycles. The number of hydrogen-bond donors (Lipinski definition) is 0. The van der Waals surface area contributed by atoms with Gasteiger partial charge in [-0.25, -0.2) is 0 Å². The summed E-state index contributed by atoms with van der Waals surface area (Å²) in [6, 6.07) is 12.8. The molecule has 0 amide bonds. The molecule has 0 aliphatic rings. The number of allylic oxidation sites excluding steroid dienone is 1. The smallest absolute Gasteiger partial charge is 0.0283 e. The van der Waals surface area contributed by atoms with Crippen LogP contribution in [0.25, 0.3) is 16.3 Å². The summed E-state index contributed by atoms with van der Waals surface area (Å²) < 4.78 is 0. The molecule has 2 aromatic carbocycles. The first-order valence-electron chi connectivity index (χ1n) is 4.96. The van der Waals surface area contributed by atoms with Gasteiger partial charge >= 0.3 is 0 Å². The summed E-state index contributed by atoms with van der Waals surface area (Å²) in [6.07, 6.45) is 0. The molecule has 0 aliphatic heterocycles. The van der Waals surface area contributed by atoms with Crippen LogP contribution in [0.15, 0.2) is 43.0 Å². The van der Waals surface area contributed by atoms with Gasteiger partial charge in [0.1, 0.15) is 0 Å². The maximum atomic E-state index is 4.08. The lowest BCUT2D eigenvalue weighted by atomic mass is 9.97. The number of hydrogen-bond acceptors (Lipinski definition) is 0. The fraction of sp³-hybridized carbons (Fsp3) is 0.143. The third-order valence-electron chi connectivity index (χ3n) is 2.68. The van der Waals surface area contributed by atoms with Gasteiger partial charge in [0.15, 0.2) is 0 Å². The lowest BCUT2D eigenvalue weighted by Gasteiger charge is -2.09. The molecule has 0 N–H and O–H groups in total. The molecule has 0 fully saturated rings. The minimum atomic E-state index is 0.819. The Morgan fingerprint density at radius 3 is 2.47 bits per heavy atom. The Hall–Kier alpha value is -1.08. The SMILES string of the molecule is C=C(CBr)c1ccc(C)c2ccccc12. The van der Waals surface area contributed by atoms with E-state index in [1.165, 1.54) is 21.9 Å². The third-order valence-corrected chi connectivity index (χ3v) is 3.36. The second-order valence-electron chi connectivity index (χ2n) is 3.71. The van der Waals surface area contributed by atoms with E-state index in [0.717, 1.165) is 10.9 Å². The molecule has 0 radical (unpaired) electrons. The van der Waals surface area contributed by atoms with Crippen LogP contribution in [0.2, 0.25) is 0 Å². The van der Waals surface area contributed by atoms with E-state index < -0.39 is 0 Å². The summed E-state index contributed by atoms with van der Waals surface area (Å²) in [7, 11) is 0. The van der Waals surface area contributed by atoms with Gasteiger partial charge in [0.2, 0.25) is 0 Å².